The molecule has 0 bridgehead atoms. The highest BCUT2D eigenvalue weighted by Crippen LogP contribution is 2.24. The molecule has 1 aromatic carbocycles. The van der Waals surface area contributed by atoms with Crippen molar-refractivity contribution < 1.29 is 9.53 Å². The van der Waals surface area contributed by atoms with E-state index in [-0.39, 0.29) is 6.54 Å². The first-order valence-electron chi connectivity index (χ1n) is 6.64. The number of amides is 1. The number of carbonyl (C=O) groups is 1. The summed E-state index contributed by atoms with van der Waals surface area (Å²) >= 11 is 6.21. The Labute approximate surface area is 128 Å². The van der Waals surface area contributed by atoms with Gasteiger partial charge in [-0.05, 0) is 39.8 Å². The van der Waals surface area contributed by atoms with Crippen LogP contribution in [0.4, 0.5) is 4.79 Å². The predicted octanol–water partition coefficient (Wildman–Crippen LogP) is 3.62. The fraction of sp³-hybridized carbons (Fsp3) is 0.400. The molecule has 2 rings (SSSR count). The number of nitrogens with one attached hydrogen (secondary N) is 1. The summed E-state index contributed by atoms with van der Waals surface area (Å²) in [5, 5.41) is 4.09. The number of nitrogens with zero attached hydrogens (tertiary/aromatic N) is 2. The average Bonchev–Trinajstić information content (AvgIpc) is 2.35. The Balaban J connectivity index is 2.22. The fourth-order valence-corrected chi connectivity index (χ4v) is 2.11. The van der Waals surface area contributed by atoms with Gasteiger partial charge in [0.25, 0.3) is 0 Å². The molecule has 0 radical (unpaired) electrons. The number of aryl methyl sites for hydroxylation is 1. The smallest absolute Gasteiger partial charge is 0.407 e. The van der Waals surface area contributed by atoms with Crippen molar-refractivity contribution in [2.45, 2.75) is 39.8 Å². The SMILES string of the molecule is Cc1ncc2c(CNC(=O)OC(C)(C)C)c(Cl)ccc2n1. The van der Waals surface area contributed by atoms with Gasteiger partial charge in [0.2, 0.25) is 0 Å². The predicted molar refractivity (Wildman–Crippen MR) is 82.4 cm³/mol. The average molecular weight is 308 g/mol. The van der Waals surface area contributed by atoms with Crippen LogP contribution >= 0.6 is 11.6 Å². The lowest BCUT2D eigenvalue weighted by Crippen LogP contribution is -2.32. The quantitative estimate of drug-likeness (QED) is 0.920. The molecule has 1 amide bonds. The van der Waals surface area contributed by atoms with Gasteiger partial charge in [-0.15, -0.1) is 0 Å². The number of fused-ring (bicyclic) bond motifs is 1. The second-order valence-electron chi connectivity index (χ2n) is 5.73. The standard InChI is InChI=1S/C15H18ClN3O2/c1-9-17-8-11-10(12(16)5-6-13(11)19-9)7-18-14(20)21-15(2,3)4/h5-6,8H,7H2,1-4H3,(H,18,20). The van der Waals surface area contributed by atoms with Crippen molar-refractivity contribution >= 4 is 28.6 Å². The van der Waals surface area contributed by atoms with Gasteiger partial charge in [0.1, 0.15) is 11.4 Å². The van der Waals surface area contributed by atoms with Gasteiger partial charge in [-0.3, -0.25) is 0 Å². The molecule has 0 fully saturated rings. The van der Waals surface area contributed by atoms with Crippen LogP contribution in [0.15, 0.2) is 18.3 Å². The molecule has 6 heteroatoms. The number of hydrogen-bond acceptors (Lipinski definition) is 4. The van der Waals surface area contributed by atoms with E-state index < -0.39 is 11.7 Å². The molecule has 0 aliphatic heterocycles. The van der Waals surface area contributed by atoms with Crippen molar-refractivity contribution in [1.82, 2.24) is 15.3 Å². The van der Waals surface area contributed by atoms with Crippen molar-refractivity contribution in [2.24, 2.45) is 0 Å². The largest absolute Gasteiger partial charge is 0.444 e. The first-order chi connectivity index (χ1) is 9.76. The number of rotatable bonds is 2. The molecule has 5 nitrogen and oxygen atoms in total. The Hall–Kier alpha value is -1.88. The zero-order chi connectivity index (χ0) is 15.6. The number of benzene rings is 1. The van der Waals surface area contributed by atoms with Gasteiger partial charge >= 0.3 is 6.09 Å². The van der Waals surface area contributed by atoms with Crippen LogP contribution in [0.3, 0.4) is 0 Å². The summed E-state index contributed by atoms with van der Waals surface area (Å²) in [5.41, 5.74) is 1.04. The van der Waals surface area contributed by atoms with Gasteiger partial charge in [0.05, 0.1) is 5.52 Å². The van der Waals surface area contributed by atoms with Gasteiger partial charge in [-0.2, -0.15) is 0 Å². The Morgan fingerprint density at radius 2 is 2.10 bits per heavy atom. The summed E-state index contributed by atoms with van der Waals surface area (Å²) in [6.07, 6.45) is 1.24. The van der Waals surface area contributed by atoms with Gasteiger partial charge in [0.15, 0.2) is 0 Å². The van der Waals surface area contributed by atoms with Crippen molar-refractivity contribution in [3.8, 4) is 0 Å². The van der Waals surface area contributed by atoms with Crippen LogP contribution < -0.4 is 5.32 Å². The Kier molecular flexibility index (Phi) is 4.32. The van der Waals surface area contributed by atoms with E-state index >= 15 is 0 Å². The van der Waals surface area contributed by atoms with E-state index in [1.165, 1.54) is 0 Å². The van der Waals surface area contributed by atoms with Crippen LogP contribution in [0, 0.1) is 6.92 Å². The van der Waals surface area contributed by atoms with Gasteiger partial charge < -0.3 is 10.1 Å². The maximum Gasteiger partial charge on any atom is 0.407 e. The molecule has 0 saturated carbocycles. The highest BCUT2D eigenvalue weighted by atomic mass is 35.5. The lowest BCUT2D eigenvalue weighted by molar-refractivity contribution is 0.0524. The molecule has 21 heavy (non-hydrogen) atoms. The van der Waals surface area contributed by atoms with Crippen molar-refractivity contribution in [1.29, 1.82) is 0 Å². The van der Waals surface area contributed by atoms with E-state index in [2.05, 4.69) is 15.3 Å². The Morgan fingerprint density at radius 3 is 2.76 bits per heavy atom. The molecular weight excluding hydrogens is 290 g/mol. The third-order valence-electron chi connectivity index (χ3n) is 2.75. The summed E-state index contributed by atoms with van der Waals surface area (Å²) in [7, 11) is 0. The third kappa shape index (κ3) is 4.04. The van der Waals surface area contributed by atoms with Gasteiger partial charge in [0, 0.05) is 28.7 Å². The van der Waals surface area contributed by atoms with Crippen molar-refractivity contribution in [3.05, 3.63) is 34.7 Å². The molecule has 1 heterocycles. The molecule has 0 aliphatic rings. The Bertz CT molecular complexity index is 680. The number of aromatic nitrogens is 2. The zero-order valence-electron chi connectivity index (χ0n) is 12.5. The van der Waals surface area contributed by atoms with Crippen LogP contribution in [-0.2, 0) is 11.3 Å². The molecule has 0 unspecified atom stereocenters. The van der Waals surface area contributed by atoms with E-state index in [1.807, 2.05) is 33.8 Å². The molecule has 1 N–H and O–H groups in total. The normalized spacial score (nSPS) is 11.5. The number of ether oxygens (including phenoxy) is 1. The number of carbonyl (C=O) groups excluding carboxylic acids is 1. The van der Waals surface area contributed by atoms with E-state index in [9.17, 15) is 4.79 Å². The highest BCUT2D eigenvalue weighted by Gasteiger charge is 2.16. The minimum absolute atomic E-state index is 0.261. The summed E-state index contributed by atoms with van der Waals surface area (Å²) in [6.45, 7) is 7.53. The molecule has 1 aromatic heterocycles. The van der Waals surface area contributed by atoms with Gasteiger partial charge in [-0.1, -0.05) is 11.6 Å². The highest BCUT2D eigenvalue weighted by molar-refractivity contribution is 6.32. The van der Waals surface area contributed by atoms with E-state index in [0.717, 1.165) is 16.5 Å². The molecule has 0 aliphatic carbocycles. The Morgan fingerprint density at radius 1 is 1.38 bits per heavy atom. The number of halogens is 1. The minimum Gasteiger partial charge on any atom is -0.444 e. The minimum atomic E-state index is -0.535. The molecule has 2 aromatic rings. The van der Waals surface area contributed by atoms with Crippen LogP contribution in [0.5, 0.6) is 0 Å². The maximum absolute atomic E-state index is 11.7. The van der Waals surface area contributed by atoms with E-state index in [4.69, 9.17) is 16.3 Å². The number of hydrogen-bond donors (Lipinski definition) is 1. The third-order valence-corrected chi connectivity index (χ3v) is 3.10. The summed E-state index contributed by atoms with van der Waals surface area (Å²) in [4.78, 5) is 20.3. The first-order valence-corrected chi connectivity index (χ1v) is 7.01. The number of alkyl carbamates (subject to hydrolysis) is 1. The topological polar surface area (TPSA) is 64.1 Å². The maximum atomic E-state index is 11.7. The summed E-state index contributed by atoms with van der Waals surface area (Å²) in [6, 6.07) is 3.60. The van der Waals surface area contributed by atoms with E-state index in [0.29, 0.717) is 10.8 Å². The first kappa shape index (κ1) is 15.5. The second kappa shape index (κ2) is 5.85. The second-order valence-corrected chi connectivity index (χ2v) is 6.14. The van der Waals surface area contributed by atoms with Crippen LogP contribution in [0.1, 0.15) is 32.2 Å². The summed E-state index contributed by atoms with van der Waals surface area (Å²) < 4.78 is 5.21. The molecule has 112 valence electrons. The monoisotopic (exact) mass is 307 g/mol. The lowest BCUT2D eigenvalue weighted by atomic mass is 10.1. The molecule has 0 spiro atoms. The molecule has 0 saturated heterocycles. The molecule has 0 atom stereocenters. The molecular formula is C15H18ClN3O2. The van der Waals surface area contributed by atoms with Crippen LogP contribution in [0.2, 0.25) is 5.02 Å². The van der Waals surface area contributed by atoms with Gasteiger partial charge in [-0.25, -0.2) is 14.8 Å². The fourth-order valence-electron chi connectivity index (χ4n) is 1.88. The summed E-state index contributed by atoms with van der Waals surface area (Å²) in [5.74, 6) is 0.691. The van der Waals surface area contributed by atoms with Crippen molar-refractivity contribution in [2.75, 3.05) is 0 Å². The van der Waals surface area contributed by atoms with E-state index in [1.54, 1.807) is 12.3 Å². The lowest BCUT2D eigenvalue weighted by Gasteiger charge is -2.20. The van der Waals surface area contributed by atoms with Crippen LogP contribution in [-0.4, -0.2) is 21.7 Å². The zero-order valence-corrected chi connectivity index (χ0v) is 13.3. The van der Waals surface area contributed by atoms with Crippen LogP contribution in [0.25, 0.3) is 10.9 Å². The van der Waals surface area contributed by atoms with Crippen molar-refractivity contribution in [3.63, 3.8) is 0 Å².